The average molecular weight is 347 g/mol. The van der Waals surface area contributed by atoms with E-state index >= 15 is 0 Å². The molecule has 9 nitrogen and oxygen atoms in total. The summed E-state index contributed by atoms with van der Waals surface area (Å²) in [6.07, 6.45) is 4.80. The second-order valence-corrected chi connectivity index (χ2v) is 6.93. The summed E-state index contributed by atoms with van der Waals surface area (Å²) >= 11 is 0. The molecule has 0 radical (unpaired) electrons. The Hall–Kier alpha value is -2.00. The summed E-state index contributed by atoms with van der Waals surface area (Å²) in [5, 5.41) is 14.5. The van der Waals surface area contributed by atoms with Crippen molar-refractivity contribution in [1.82, 2.24) is 25.2 Å². The summed E-state index contributed by atoms with van der Waals surface area (Å²) in [6.45, 7) is 4.90. The second kappa shape index (κ2) is 7.49. The molecule has 1 saturated heterocycles. The van der Waals surface area contributed by atoms with Crippen molar-refractivity contribution in [1.29, 1.82) is 0 Å². The number of methoxy groups -OCH3 is 1. The van der Waals surface area contributed by atoms with Gasteiger partial charge in [-0.1, -0.05) is 0 Å². The first-order valence-electron chi connectivity index (χ1n) is 9.04. The molecule has 2 aliphatic rings. The van der Waals surface area contributed by atoms with Crippen LogP contribution >= 0.6 is 0 Å². The van der Waals surface area contributed by atoms with Gasteiger partial charge in [0, 0.05) is 32.8 Å². The molecule has 1 aliphatic carbocycles. The summed E-state index contributed by atoms with van der Waals surface area (Å²) < 4.78 is 9.94. The lowest BCUT2D eigenvalue weighted by Crippen LogP contribution is -2.39. The Morgan fingerprint density at radius 2 is 1.96 bits per heavy atom. The third-order valence-electron chi connectivity index (χ3n) is 4.81. The van der Waals surface area contributed by atoms with Crippen LogP contribution in [0.1, 0.15) is 25.7 Å². The first-order valence-corrected chi connectivity index (χ1v) is 9.04. The summed E-state index contributed by atoms with van der Waals surface area (Å²) in [5.74, 6) is 2.08. The monoisotopic (exact) mass is 347 g/mol. The van der Waals surface area contributed by atoms with Crippen LogP contribution in [0.3, 0.4) is 0 Å². The van der Waals surface area contributed by atoms with Crippen LogP contribution in [0.25, 0.3) is 11.3 Å². The molecule has 136 valence electrons. The highest BCUT2D eigenvalue weighted by Crippen LogP contribution is 2.28. The zero-order chi connectivity index (χ0) is 17.1. The smallest absolute Gasteiger partial charge is 0.245 e. The summed E-state index contributed by atoms with van der Waals surface area (Å²) in [6, 6.07) is 0.492. The van der Waals surface area contributed by atoms with Crippen LogP contribution in [0.2, 0.25) is 0 Å². The number of fused-ring (bicyclic) bond motifs is 1. The summed E-state index contributed by atoms with van der Waals surface area (Å²) in [5.41, 5.74) is 0.881. The fraction of sp³-hybridized carbons (Fsp3) is 0.750. The molecule has 3 heterocycles. The second-order valence-electron chi connectivity index (χ2n) is 6.93. The maximum absolute atomic E-state index is 5.20. The first-order chi connectivity index (χ1) is 12.3. The van der Waals surface area contributed by atoms with E-state index in [0.717, 1.165) is 44.4 Å². The molecule has 0 bridgehead atoms. The highest BCUT2D eigenvalue weighted by Gasteiger charge is 2.25. The highest BCUT2D eigenvalue weighted by molar-refractivity contribution is 5.73. The fourth-order valence-electron chi connectivity index (χ4n) is 3.27. The molecule has 1 saturated carbocycles. The van der Waals surface area contributed by atoms with Gasteiger partial charge in [0.15, 0.2) is 11.6 Å². The van der Waals surface area contributed by atoms with Crippen molar-refractivity contribution in [2.45, 2.75) is 31.7 Å². The molecule has 4 rings (SSSR count). The molecule has 25 heavy (non-hydrogen) atoms. The molecule has 2 aromatic rings. The zero-order valence-electron chi connectivity index (χ0n) is 14.6. The quantitative estimate of drug-likeness (QED) is 0.733. The van der Waals surface area contributed by atoms with Crippen LogP contribution in [-0.4, -0.2) is 71.1 Å². The van der Waals surface area contributed by atoms with Gasteiger partial charge in [-0.25, -0.2) is 14.6 Å². The average Bonchev–Trinajstić information content (AvgIpc) is 3.33. The predicted molar refractivity (Wildman–Crippen MR) is 93.6 cm³/mol. The Morgan fingerprint density at radius 3 is 2.72 bits per heavy atom. The molecule has 1 aliphatic heterocycles. The van der Waals surface area contributed by atoms with Gasteiger partial charge in [0.2, 0.25) is 11.3 Å². The van der Waals surface area contributed by atoms with E-state index in [1.807, 2.05) is 0 Å². The Labute approximate surface area is 146 Å². The summed E-state index contributed by atoms with van der Waals surface area (Å²) in [7, 11) is 1.75. The van der Waals surface area contributed by atoms with Gasteiger partial charge in [-0.15, -0.1) is 0 Å². The van der Waals surface area contributed by atoms with Crippen molar-refractivity contribution < 1.29 is 9.37 Å². The van der Waals surface area contributed by atoms with Crippen LogP contribution in [-0.2, 0) is 4.74 Å². The molecule has 9 heteroatoms. The van der Waals surface area contributed by atoms with Crippen molar-refractivity contribution >= 4 is 22.9 Å². The van der Waals surface area contributed by atoms with E-state index in [1.165, 1.54) is 25.7 Å². The third kappa shape index (κ3) is 4.16. The molecule has 0 amide bonds. The molecular formula is C16H25N7O2. The number of nitrogens with zero attached hydrogens (tertiary/aromatic N) is 5. The molecule has 1 unspecified atom stereocenters. The van der Waals surface area contributed by atoms with Gasteiger partial charge >= 0.3 is 0 Å². The van der Waals surface area contributed by atoms with Gasteiger partial charge in [-0.2, -0.15) is 0 Å². The number of hydrogen-bond acceptors (Lipinski definition) is 9. The number of likely N-dealkylation sites (tertiary alicyclic amines) is 1. The first kappa shape index (κ1) is 16.5. The van der Waals surface area contributed by atoms with Gasteiger partial charge in [-0.3, -0.25) is 0 Å². The fourth-order valence-corrected chi connectivity index (χ4v) is 3.27. The van der Waals surface area contributed by atoms with E-state index in [9.17, 15) is 0 Å². The van der Waals surface area contributed by atoms with Crippen LogP contribution in [0.4, 0.5) is 11.6 Å². The molecular weight excluding hydrogens is 322 g/mol. The minimum atomic E-state index is 0.439. The van der Waals surface area contributed by atoms with E-state index in [0.29, 0.717) is 23.3 Å². The minimum absolute atomic E-state index is 0.439. The van der Waals surface area contributed by atoms with E-state index in [4.69, 9.17) is 9.37 Å². The Morgan fingerprint density at radius 1 is 1.16 bits per heavy atom. The van der Waals surface area contributed by atoms with Crippen LogP contribution in [0.5, 0.6) is 0 Å². The normalized spacial score (nSPS) is 21.6. The van der Waals surface area contributed by atoms with Gasteiger partial charge in [-0.05, 0) is 48.5 Å². The highest BCUT2D eigenvalue weighted by atomic mass is 16.6. The topological polar surface area (TPSA) is 101 Å². The van der Waals surface area contributed by atoms with Crippen LogP contribution in [0, 0.1) is 5.92 Å². The number of anilines is 2. The zero-order valence-corrected chi connectivity index (χ0v) is 14.6. The largest absolute Gasteiger partial charge is 0.383 e. The van der Waals surface area contributed by atoms with Crippen LogP contribution < -0.4 is 10.6 Å². The molecule has 2 aromatic heterocycles. The lowest BCUT2D eigenvalue weighted by molar-refractivity contribution is 0.117. The minimum Gasteiger partial charge on any atom is -0.383 e. The summed E-state index contributed by atoms with van der Waals surface area (Å²) in [4.78, 5) is 11.5. The number of nitrogens with one attached hydrogen (secondary N) is 2. The van der Waals surface area contributed by atoms with Gasteiger partial charge in [0.1, 0.15) is 0 Å². The van der Waals surface area contributed by atoms with Gasteiger partial charge < -0.3 is 20.3 Å². The van der Waals surface area contributed by atoms with Gasteiger partial charge in [0.05, 0.1) is 6.61 Å². The van der Waals surface area contributed by atoms with E-state index in [-0.39, 0.29) is 0 Å². The van der Waals surface area contributed by atoms with Crippen molar-refractivity contribution in [3.8, 4) is 0 Å². The number of hydrogen-bond donors (Lipinski definition) is 2. The van der Waals surface area contributed by atoms with E-state index < -0.39 is 0 Å². The molecule has 2 fully saturated rings. The molecule has 0 spiro atoms. The number of piperidine rings is 1. The maximum Gasteiger partial charge on any atom is 0.245 e. The van der Waals surface area contributed by atoms with E-state index in [1.54, 1.807) is 7.11 Å². The Bertz CT molecular complexity index is 703. The lowest BCUT2D eigenvalue weighted by atomic mass is 9.98. The van der Waals surface area contributed by atoms with Crippen molar-refractivity contribution in [3.05, 3.63) is 0 Å². The van der Waals surface area contributed by atoms with Crippen molar-refractivity contribution in [2.75, 3.05) is 50.5 Å². The molecule has 0 aromatic carbocycles. The maximum atomic E-state index is 5.20. The SMILES string of the molecule is COCCN1CCCC(CNc2nc3nonc3nc2NC2CC2)C1. The standard InChI is InChI=1S/C16H25N7O2/c1-24-8-7-23-6-2-3-11(10-23)9-17-13-14(18-12-4-5-12)20-16-15(19-13)21-25-22-16/h11-12H,2-10H2,1H3,(H,17,19,21)(H,18,20,22). The number of rotatable bonds is 8. The van der Waals surface area contributed by atoms with Gasteiger partial charge in [0.25, 0.3) is 0 Å². The van der Waals surface area contributed by atoms with E-state index in [2.05, 4.69) is 35.8 Å². The predicted octanol–water partition coefficient (Wildman–Crippen LogP) is 1.36. The van der Waals surface area contributed by atoms with Crippen molar-refractivity contribution in [3.63, 3.8) is 0 Å². The molecule has 1 atom stereocenters. The Balaban J connectivity index is 1.40. The van der Waals surface area contributed by atoms with Crippen LogP contribution in [0.15, 0.2) is 4.63 Å². The third-order valence-corrected chi connectivity index (χ3v) is 4.81. The van der Waals surface area contributed by atoms with Crippen molar-refractivity contribution in [2.24, 2.45) is 5.92 Å². The number of aromatic nitrogens is 4. The molecule has 2 N–H and O–H groups in total. The number of ether oxygens (including phenoxy) is 1. The Kier molecular flexibility index (Phi) is 4.93. The lowest BCUT2D eigenvalue weighted by Gasteiger charge is -2.32.